The third-order valence-electron chi connectivity index (χ3n) is 4.52. The molecule has 0 radical (unpaired) electrons. The number of fused-ring (bicyclic) bond motifs is 1. The molecule has 4 atom stereocenters. The van der Waals surface area contributed by atoms with Gasteiger partial charge in [0.05, 0.1) is 18.0 Å². The molecule has 1 saturated heterocycles. The van der Waals surface area contributed by atoms with E-state index in [1.807, 2.05) is 25.3 Å². The molecule has 150 valence electrons. The largest absolute Gasteiger partial charge is 0.382 e. The number of ether oxygens (including phenoxy) is 3. The van der Waals surface area contributed by atoms with Crippen molar-refractivity contribution in [2.45, 2.75) is 78.1 Å². The number of methoxy groups -OCH3 is 1. The molecule has 1 unspecified atom stereocenters. The average Bonchev–Trinajstić information content (AvgIpc) is 3.07. The van der Waals surface area contributed by atoms with Gasteiger partial charge in [0.15, 0.2) is 17.7 Å². The second kappa shape index (κ2) is 7.00. The zero-order valence-corrected chi connectivity index (χ0v) is 17.3. The highest BCUT2D eigenvalue weighted by Gasteiger charge is 2.49. The van der Waals surface area contributed by atoms with Crippen LogP contribution in [0.25, 0.3) is 11.2 Å². The van der Waals surface area contributed by atoms with Crippen molar-refractivity contribution in [1.82, 2.24) is 19.5 Å². The van der Waals surface area contributed by atoms with Crippen LogP contribution in [0.5, 0.6) is 0 Å². The molecule has 1 aliphatic heterocycles. The van der Waals surface area contributed by atoms with Crippen molar-refractivity contribution in [3.63, 3.8) is 0 Å². The molecule has 3 rings (SSSR count). The van der Waals surface area contributed by atoms with E-state index in [2.05, 4.69) is 35.7 Å². The van der Waals surface area contributed by atoms with Gasteiger partial charge in [-0.05, 0) is 32.6 Å². The van der Waals surface area contributed by atoms with Crippen molar-refractivity contribution in [1.29, 1.82) is 0 Å². The predicted octanol–water partition coefficient (Wildman–Crippen LogP) is 2.94. The van der Waals surface area contributed by atoms with Gasteiger partial charge in [0, 0.05) is 7.11 Å². The van der Waals surface area contributed by atoms with E-state index in [1.165, 1.54) is 6.33 Å². The van der Waals surface area contributed by atoms with Crippen LogP contribution in [0.1, 0.15) is 54.2 Å². The molecule has 0 aromatic carbocycles. The molecule has 0 saturated carbocycles. The lowest BCUT2D eigenvalue weighted by Gasteiger charge is -2.32. The second-order valence-corrected chi connectivity index (χ2v) is 9.31. The average molecular weight is 377 g/mol. The van der Waals surface area contributed by atoms with Gasteiger partial charge in [-0.1, -0.05) is 20.8 Å². The normalized spacial score (nSPS) is 26.8. The third-order valence-corrected chi connectivity index (χ3v) is 4.52. The molecule has 0 bridgehead atoms. The van der Waals surface area contributed by atoms with Crippen molar-refractivity contribution in [3.8, 4) is 0 Å². The first kappa shape index (κ1) is 20.0. The highest BCUT2D eigenvalue weighted by molar-refractivity contribution is 5.81. The van der Waals surface area contributed by atoms with E-state index in [9.17, 15) is 0 Å². The van der Waals surface area contributed by atoms with E-state index in [4.69, 9.17) is 19.9 Å². The summed E-state index contributed by atoms with van der Waals surface area (Å²) < 4.78 is 20.6. The summed E-state index contributed by atoms with van der Waals surface area (Å²) in [4.78, 5) is 12.7. The summed E-state index contributed by atoms with van der Waals surface area (Å²) in [7, 11) is 1.68. The summed E-state index contributed by atoms with van der Waals surface area (Å²) in [6.07, 6.45) is 2.92. The summed E-state index contributed by atoms with van der Waals surface area (Å²) in [6, 6.07) is 0. The van der Waals surface area contributed by atoms with Crippen LogP contribution >= 0.6 is 0 Å². The highest BCUT2D eigenvalue weighted by Crippen LogP contribution is 2.41. The third kappa shape index (κ3) is 4.23. The van der Waals surface area contributed by atoms with Crippen molar-refractivity contribution < 1.29 is 14.2 Å². The number of nitrogen functional groups attached to an aromatic ring is 1. The number of imidazole rings is 1. The van der Waals surface area contributed by atoms with Gasteiger partial charge in [0.2, 0.25) is 0 Å². The number of nitrogens with zero attached hydrogens (tertiary/aromatic N) is 4. The molecule has 0 spiro atoms. The van der Waals surface area contributed by atoms with Gasteiger partial charge >= 0.3 is 0 Å². The standard InChI is InChI=1S/C19H31N5O3/c1-18(2,3)8-11-13(27-19(4,5)6)14(25-7)17(26-11)24-10-23-12-15(20)21-9-22-16(12)24/h9-11,13-14,17H,8H2,1-7H3,(H2,20,21,22)/t11-,13?,14+,17-/m1/s1. The number of hydrogen-bond acceptors (Lipinski definition) is 7. The molecular weight excluding hydrogens is 346 g/mol. The Labute approximate surface area is 160 Å². The molecule has 0 aliphatic carbocycles. The first-order chi connectivity index (χ1) is 12.5. The minimum absolute atomic E-state index is 0.0843. The fourth-order valence-corrected chi connectivity index (χ4v) is 3.56. The van der Waals surface area contributed by atoms with Crippen molar-refractivity contribution >= 4 is 17.0 Å². The second-order valence-electron chi connectivity index (χ2n) is 9.31. The molecule has 1 aliphatic rings. The maximum atomic E-state index is 6.46. The molecular formula is C19H31N5O3. The molecule has 2 aromatic rings. The Kier molecular flexibility index (Phi) is 5.18. The summed E-state index contributed by atoms with van der Waals surface area (Å²) in [5.41, 5.74) is 6.88. The lowest BCUT2D eigenvalue weighted by Crippen LogP contribution is -2.42. The Balaban J connectivity index is 2.00. The first-order valence-corrected chi connectivity index (χ1v) is 9.29. The molecule has 0 amide bonds. The zero-order valence-electron chi connectivity index (χ0n) is 17.3. The summed E-state index contributed by atoms with van der Waals surface area (Å²) in [5, 5.41) is 0. The summed E-state index contributed by atoms with van der Waals surface area (Å²) in [5.74, 6) is 0.347. The molecule has 3 heterocycles. The number of aromatic nitrogens is 4. The van der Waals surface area contributed by atoms with E-state index in [-0.39, 0.29) is 29.3 Å². The van der Waals surface area contributed by atoms with E-state index in [0.717, 1.165) is 6.42 Å². The van der Waals surface area contributed by atoms with Crippen LogP contribution in [0, 0.1) is 5.41 Å². The van der Waals surface area contributed by atoms with Crippen LogP contribution in [-0.4, -0.2) is 50.5 Å². The van der Waals surface area contributed by atoms with E-state index >= 15 is 0 Å². The van der Waals surface area contributed by atoms with Crippen molar-refractivity contribution in [2.24, 2.45) is 5.41 Å². The Hall–Kier alpha value is -1.77. The fourth-order valence-electron chi connectivity index (χ4n) is 3.56. The molecule has 8 heteroatoms. The first-order valence-electron chi connectivity index (χ1n) is 9.29. The Bertz CT molecular complexity index is 793. The SMILES string of the molecule is CO[C@H]1C(OC(C)(C)C)[C@@H](CC(C)(C)C)O[C@H]1n1cnc2c(N)ncnc21. The fraction of sp³-hybridized carbons (Fsp3) is 0.737. The monoisotopic (exact) mass is 377 g/mol. The molecule has 8 nitrogen and oxygen atoms in total. The number of nitrogens with two attached hydrogens (primary N) is 1. The Morgan fingerprint density at radius 3 is 2.41 bits per heavy atom. The van der Waals surface area contributed by atoms with Crippen molar-refractivity contribution in [3.05, 3.63) is 12.7 Å². The van der Waals surface area contributed by atoms with Crippen LogP contribution in [0.2, 0.25) is 0 Å². The topological polar surface area (TPSA) is 97.3 Å². The molecule has 1 fully saturated rings. The van der Waals surface area contributed by atoms with Gasteiger partial charge in [-0.15, -0.1) is 0 Å². The minimum Gasteiger partial charge on any atom is -0.382 e. The van der Waals surface area contributed by atoms with Crippen LogP contribution in [0.3, 0.4) is 0 Å². The van der Waals surface area contributed by atoms with Gasteiger partial charge in [-0.2, -0.15) is 0 Å². The zero-order chi connectivity index (χ0) is 20.0. The van der Waals surface area contributed by atoms with Crippen molar-refractivity contribution in [2.75, 3.05) is 12.8 Å². The van der Waals surface area contributed by atoms with Crippen LogP contribution in [-0.2, 0) is 14.2 Å². The number of hydrogen-bond donors (Lipinski definition) is 1. The lowest BCUT2D eigenvalue weighted by atomic mass is 9.87. The Morgan fingerprint density at radius 1 is 1.11 bits per heavy atom. The van der Waals surface area contributed by atoms with Crippen LogP contribution < -0.4 is 5.73 Å². The lowest BCUT2D eigenvalue weighted by molar-refractivity contribution is -0.123. The van der Waals surface area contributed by atoms with Gasteiger partial charge in [-0.25, -0.2) is 15.0 Å². The summed E-state index contributed by atoms with van der Waals surface area (Å²) >= 11 is 0. The van der Waals surface area contributed by atoms with Crippen LogP contribution in [0.4, 0.5) is 5.82 Å². The molecule has 27 heavy (non-hydrogen) atoms. The van der Waals surface area contributed by atoms with Gasteiger partial charge < -0.3 is 19.9 Å². The minimum atomic E-state index is -0.408. The predicted molar refractivity (Wildman–Crippen MR) is 103 cm³/mol. The van der Waals surface area contributed by atoms with Gasteiger partial charge in [-0.3, -0.25) is 4.57 Å². The van der Waals surface area contributed by atoms with Gasteiger partial charge in [0.1, 0.15) is 24.1 Å². The van der Waals surface area contributed by atoms with Crippen LogP contribution in [0.15, 0.2) is 12.7 Å². The summed E-state index contributed by atoms with van der Waals surface area (Å²) in [6.45, 7) is 12.7. The Morgan fingerprint density at radius 2 is 1.81 bits per heavy atom. The maximum absolute atomic E-state index is 6.46. The number of rotatable bonds is 4. The molecule has 2 aromatic heterocycles. The van der Waals surface area contributed by atoms with Gasteiger partial charge in [0.25, 0.3) is 0 Å². The van der Waals surface area contributed by atoms with E-state index < -0.39 is 6.23 Å². The number of anilines is 1. The van der Waals surface area contributed by atoms with E-state index in [1.54, 1.807) is 13.4 Å². The molecule has 2 N–H and O–H groups in total. The smallest absolute Gasteiger partial charge is 0.167 e. The quantitative estimate of drug-likeness (QED) is 0.875. The van der Waals surface area contributed by atoms with E-state index in [0.29, 0.717) is 17.0 Å². The highest BCUT2D eigenvalue weighted by atomic mass is 16.6. The maximum Gasteiger partial charge on any atom is 0.167 e.